The van der Waals surface area contributed by atoms with E-state index in [-0.39, 0.29) is 11.9 Å². The van der Waals surface area contributed by atoms with E-state index in [0.717, 1.165) is 25.2 Å². The van der Waals surface area contributed by atoms with E-state index < -0.39 is 0 Å². The fraction of sp³-hybridized carbons (Fsp3) is 0.500. The molecule has 3 rings (SSSR count). The molecule has 8 heteroatoms. The van der Waals surface area contributed by atoms with Gasteiger partial charge < -0.3 is 15.1 Å². The van der Waals surface area contributed by atoms with Crippen LogP contribution in [-0.2, 0) is 0 Å². The van der Waals surface area contributed by atoms with Gasteiger partial charge in [0.15, 0.2) is 11.6 Å². The van der Waals surface area contributed by atoms with Crippen molar-refractivity contribution >= 4 is 17.6 Å². The highest BCUT2D eigenvalue weighted by Crippen LogP contribution is 2.23. The van der Waals surface area contributed by atoms with Crippen LogP contribution in [0.25, 0.3) is 0 Å². The standard InChI is InChI=1S/C16H22FN7/c1-11-14(17)15(20-10-19-11)24-8-4-5-12(9-24)21-16-18-7-6-13(22-16)23(2)3/h6-7,10,12H,4-5,8-9H2,1-3H3,(H,18,21,22). The van der Waals surface area contributed by atoms with E-state index in [0.29, 0.717) is 24.0 Å². The lowest BCUT2D eigenvalue weighted by molar-refractivity contribution is 0.508. The molecule has 1 atom stereocenters. The maximum absolute atomic E-state index is 14.3. The first-order valence-electron chi connectivity index (χ1n) is 8.03. The summed E-state index contributed by atoms with van der Waals surface area (Å²) in [6.07, 6.45) is 5.08. The topological polar surface area (TPSA) is 70.1 Å². The number of aromatic nitrogens is 4. The second-order valence-corrected chi connectivity index (χ2v) is 6.16. The van der Waals surface area contributed by atoms with Crippen LogP contribution >= 0.6 is 0 Å². The number of hydrogen-bond acceptors (Lipinski definition) is 7. The molecule has 3 heterocycles. The minimum atomic E-state index is -0.344. The Kier molecular flexibility index (Phi) is 4.73. The Bertz CT molecular complexity index is 707. The monoisotopic (exact) mass is 331 g/mol. The summed E-state index contributed by atoms with van der Waals surface area (Å²) in [4.78, 5) is 20.7. The lowest BCUT2D eigenvalue weighted by Gasteiger charge is -2.34. The molecule has 0 saturated carbocycles. The van der Waals surface area contributed by atoms with Crippen LogP contribution < -0.4 is 15.1 Å². The highest BCUT2D eigenvalue weighted by molar-refractivity contribution is 5.44. The number of halogens is 1. The van der Waals surface area contributed by atoms with E-state index in [9.17, 15) is 4.39 Å². The Morgan fingerprint density at radius 2 is 2.12 bits per heavy atom. The van der Waals surface area contributed by atoms with Crippen molar-refractivity contribution in [1.29, 1.82) is 0 Å². The van der Waals surface area contributed by atoms with E-state index in [2.05, 4.69) is 25.3 Å². The fourth-order valence-electron chi connectivity index (χ4n) is 2.80. The van der Waals surface area contributed by atoms with Crippen molar-refractivity contribution in [2.75, 3.05) is 42.3 Å². The number of piperidine rings is 1. The zero-order valence-corrected chi connectivity index (χ0v) is 14.2. The van der Waals surface area contributed by atoms with Gasteiger partial charge in [-0.25, -0.2) is 19.3 Å². The average Bonchev–Trinajstić information content (AvgIpc) is 2.58. The van der Waals surface area contributed by atoms with Gasteiger partial charge in [0.25, 0.3) is 0 Å². The molecule has 0 bridgehead atoms. The number of rotatable bonds is 4. The molecule has 2 aromatic rings. The summed E-state index contributed by atoms with van der Waals surface area (Å²) in [5.74, 6) is 1.46. The predicted octanol–water partition coefficient (Wildman–Crippen LogP) is 1.86. The van der Waals surface area contributed by atoms with Crippen LogP contribution in [0.5, 0.6) is 0 Å². The Hall–Kier alpha value is -2.51. The van der Waals surface area contributed by atoms with Gasteiger partial charge in [0.05, 0.1) is 5.69 Å². The van der Waals surface area contributed by atoms with Gasteiger partial charge in [-0.2, -0.15) is 4.98 Å². The summed E-state index contributed by atoms with van der Waals surface area (Å²) in [6, 6.07) is 2.00. The first-order valence-corrected chi connectivity index (χ1v) is 8.03. The first kappa shape index (κ1) is 16.4. The third-order valence-corrected chi connectivity index (χ3v) is 4.10. The zero-order valence-electron chi connectivity index (χ0n) is 14.2. The maximum Gasteiger partial charge on any atom is 0.224 e. The van der Waals surface area contributed by atoms with Gasteiger partial charge in [-0.05, 0) is 25.8 Å². The molecule has 1 unspecified atom stereocenters. The molecule has 0 spiro atoms. The predicted molar refractivity (Wildman–Crippen MR) is 91.9 cm³/mol. The molecule has 24 heavy (non-hydrogen) atoms. The SMILES string of the molecule is Cc1ncnc(N2CCCC(Nc3nccc(N(C)C)n3)C2)c1F. The third-order valence-electron chi connectivity index (χ3n) is 4.10. The van der Waals surface area contributed by atoms with E-state index in [1.54, 1.807) is 13.1 Å². The van der Waals surface area contributed by atoms with E-state index in [4.69, 9.17) is 0 Å². The molecule has 1 N–H and O–H groups in total. The van der Waals surface area contributed by atoms with Crippen LogP contribution in [0.4, 0.5) is 22.0 Å². The van der Waals surface area contributed by atoms with Crippen molar-refractivity contribution in [3.05, 3.63) is 30.1 Å². The Labute approximate surface area is 141 Å². The zero-order chi connectivity index (χ0) is 17.1. The molecule has 1 saturated heterocycles. The first-order chi connectivity index (χ1) is 11.5. The highest BCUT2D eigenvalue weighted by Gasteiger charge is 2.24. The Morgan fingerprint density at radius 1 is 1.29 bits per heavy atom. The summed E-state index contributed by atoms with van der Waals surface area (Å²) in [5.41, 5.74) is 0.372. The number of nitrogens with zero attached hydrogens (tertiary/aromatic N) is 6. The van der Waals surface area contributed by atoms with Crippen molar-refractivity contribution < 1.29 is 4.39 Å². The van der Waals surface area contributed by atoms with Gasteiger partial charge in [-0.1, -0.05) is 0 Å². The molecule has 1 aliphatic heterocycles. The van der Waals surface area contributed by atoms with E-state index >= 15 is 0 Å². The summed E-state index contributed by atoms with van der Waals surface area (Å²) in [7, 11) is 3.88. The molecular formula is C16H22FN7. The van der Waals surface area contributed by atoms with Gasteiger partial charge in [-0.15, -0.1) is 0 Å². The van der Waals surface area contributed by atoms with Gasteiger partial charge in [0, 0.05) is 39.4 Å². The molecule has 0 radical (unpaired) electrons. The average molecular weight is 331 g/mol. The fourth-order valence-corrected chi connectivity index (χ4v) is 2.80. The molecule has 0 aliphatic carbocycles. The molecular weight excluding hydrogens is 309 g/mol. The maximum atomic E-state index is 14.3. The third kappa shape index (κ3) is 3.52. The molecule has 1 aliphatic rings. The van der Waals surface area contributed by atoms with Crippen LogP contribution in [-0.4, -0.2) is 53.2 Å². The highest BCUT2D eigenvalue weighted by atomic mass is 19.1. The summed E-state index contributed by atoms with van der Waals surface area (Å²) >= 11 is 0. The summed E-state index contributed by atoms with van der Waals surface area (Å²) < 4.78 is 14.3. The second-order valence-electron chi connectivity index (χ2n) is 6.16. The summed E-state index contributed by atoms with van der Waals surface area (Å²) in [6.45, 7) is 3.09. The van der Waals surface area contributed by atoms with Gasteiger partial charge in [0.2, 0.25) is 5.95 Å². The molecule has 0 aromatic carbocycles. The number of aryl methyl sites for hydroxylation is 1. The van der Waals surface area contributed by atoms with Crippen LogP contribution in [0.2, 0.25) is 0 Å². The minimum Gasteiger partial charge on any atom is -0.363 e. The molecule has 0 amide bonds. The second kappa shape index (κ2) is 6.94. The van der Waals surface area contributed by atoms with Crippen LogP contribution in [0.3, 0.4) is 0 Å². The number of hydrogen-bond donors (Lipinski definition) is 1. The largest absolute Gasteiger partial charge is 0.363 e. The van der Waals surface area contributed by atoms with Crippen molar-refractivity contribution in [2.45, 2.75) is 25.8 Å². The van der Waals surface area contributed by atoms with E-state index in [1.807, 2.05) is 30.0 Å². The number of nitrogens with one attached hydrogen (secondary N) is 1. The minimum absolute atomic E-state index is 0.144. The Balaban J connectivity index is 1.72. The van der Waals surface area contributed by atoms with Crippen LogP contribution in [0, 0.1) is 12.7 Å². The van der Waals surface area contributed by atoms with Crippen molar-refractivity contribution in [3.8, 4) is 0 Å². The normalized spacial score (nSPS) is 17.7. The lowest BCUT2D eigenvalue weighted by atomic mass is 10.1. The van der Waals surface area contributed by atoms with E-state index in [1.165, 1.54) is 6.33 Å². The molecule has 128 valence electrons. The number of anilines is 3. The van der Waals surface area contributed by atoms with Crippen molar-refractivity contribution in [1.82, 2.24) is 19.9 Å². The molecule has 2 aromatic heterocycles. The van der Waals surface area contributed by atoms with Crippen molar-refractivity contribution in [2.24, 2.45) is 0 Å². The van der Waals surface area contributed by atoms with Crippen LogP contribution in [0.1, 0.15) is 18.5 Å². The van der Waals surface area contributed by atoms with Gasteiger partial charge in [0.1, 0.15) is 12.1 Å². The van der Waals surface area contributed by atoms with Crippen LogP contribution in [0.15, 0.2) is 18.6 Å². The Morgan fingerprint density at radius 3 is 2.92 bits per heavy atom. The van der Waals surface area contributed by atoms with Gasteiger partial charge in [-0.3, -0.25) is 0 Å². The molecule has 7 nitrogen and oxygen atoms in total. The van der Waals surface area contributed by atoms with Crippen molar-refractivity contribution in [3.63, 3.8) is 0 Å². The van der Waals surface area contributed by atoms with Gasteiger partial charge >= 0.3 is 0 Å². The quantitative estimate of drug-likeness (QED) is 0.917. The molecule has 1 fully saturated rings. The lowest BCUT2D eigenvalue weighted by Crippen LogP contribution is -2.43. The smallest absolute Gasteiger partial charge is 0.224 e. The summed E-state index contributed by atoms with van der Waals surface area (Å²) in [5, 5.41) is 3.35.